The third kappa shape index (κ3) is 4.63. The lowest BCUT2D eigenvalue weighted by Gasteiger charge is -2.31. The summed E-state index contributed by atoms with van der Waals surface area (Å²) in [6.45, 7) is 3.99. The van der Waals surface area contributed by atoms with Crippen LogP contribution in [0, 0.1) is 0 Å². The van der Waals surface area contributed by atoms with Gasteiger partial charge in [0.05, 0.1) is 32.6 Å². The fourth-order valence-electron chi connectivity index (χ4n) is 3.88. The van der Waals surface area contributed by atoms with Gasteiger partial charge in [0.2, 0.25) is 0 Å². The summed E-state index contributed by atoms with van der Waals surface area (Å²) < 4.78 is 17.9. The summed E-state index contributed by atoms with van der Waals surface area (Å²) in [6, 6.07) is 7.68. The van der Waals surface area contributed by atoms with Crippen molar-refractivity contribution in [3.05, 3.63) is 41.2 Å². The van der Waals surface area contributed by atoms with Gasteiger partial charge < -0.3 is 24.4 Å². The van der Waals surface area contributed by atoms with Crippen LogP contribution in [0.3, 0.4) is 0 Å². The Morgan fingerprint density at radius 1 is 1.23 bits per heavy atom. The molecule has 2 aliphatic heterocycles. The first kappa shape index (κ1) is 21.1. The second kappa shape index (κ2) is 9.34. The maximum atomic E-state index is 12.8. The molecular formula is C21H27N5O5. The average molecular weight is 429 g/mol. The Kier molecular flexibility index (Phi) is 6.36. The van der Waals surface area contributed by atoms with Gasteiger partial charge >= 0.3 is 6.09 Å². The number of carbonyl (C=O) groups excluding carboxylic acids is 2. The number of amides is 2. The number of piperidine rings is 1. The number of fused-ring (bicyclic) bond motifs is 1. The quantitative estimate of drug-likeness (QED) is 0.773. The van der Waals surface area contributed by atoms with E-state index >= 15 is 0 Å². The molecule has 0 bridgehead atoms. The lowest BCUT2D eigenvalue weighted by atomic mass is 10.0. The van der Waals surface area contributed by atoms with Gasteiger partial charge in [-0.25, -0.2) is 9.48 Å². The van der Waals surface area contributed by atoms with Crippen LogP contribution in [-0.4, -0.2) is 64.7 Å². The Bertz CT molecular complexity index is 921. The normalized spacial score (nSPS) is 18.9. The molecular weight excluding hydrogens is 402 g/mol. The largest absolute Gasteiger partial charge is 0.497 e. The molecule has 1 atom stereocenters. The van der Waals surface area contributed by atoms with Crippen LogP contribution in [0.4, 0.5) is 4.79 Å². The van der Waals surface area contributed by atoms with Gasteiger partial charge in [0.25, 0.3) is 5.91 Å². The number of ether oxygens (including phenoxy) is 3. The molecule has 2 aliphatic rings. The Labute approximate surface area is 180 Å². The van der Waals surface area contributed by atoms with Gasteiger partial charge in [-0.2, -0.15) is 0 Å². The average Bonchev–Trinajstić information content (AvgIpc) is 3.23. The van der Waals surface area contributed by atoms with E-state index in [-0.39, 0.29) is 30.8 Å². The van der Waals surface area contributed by atoms with E-state index in [9.17, 15) is 9.59 Å². The molecule has 0 saturated carbocycles. The molecule has 10 heteroatoms. The molecule has 3 heterocycles. The van der Waals surface area contributed by atoms with Gasteiger partial charge in [-0.3, -0.25) is 4.79 Å². The number of rotatable bonds is 5. The number of likely N-dealkylation sites (tertiary alicyclic amines) is 1. The zero-order valence-electron chi connectivity index (χ0n) is 17.7. The van der Waals surface area contributed by atoms with Crippen LogP contribution in [0.5, 0.6) is 5.75 Å². The van der Waals surface area contributed by atoms with Crippen molar-refractivity contribution in [2.45, 2.75) is 45.1 Å². The second-order valence-electron chi connectivity index (χ2n) is 7.57. The maximum Gasteiger partial charge on any atom is 0.409 e. The van der Waals surface area contributed by atoms with Crippen LogP contribution in [0.2, 0.25) is 0 Å². The van der Waals surface area contributed by atoms with E-state index in [0.717, 1.165) is 11.3 Å². The van der Waals surface area contributed by atoms with E-state index in [2.05, 4.69) is 15.6 Å². The zero-order chi connectivity index (χ0) is 21.8. The lowest BCUT2D eigenvalue weighted by Crippen LogP contribution is -2.47. The fourth-order valence-corrected chi connectivity index (χ4v) is 3.88. The van der Waals surface area contributed by atoms with Crippen LogP contribution in [0.15, 0.2) is 24.3 Å². The van der Waals surface area contributed by atoms with Gasteiger partial charge in [0.15, 0.2) is 5.69 Å². The third-order valence-electron chi connectivity index (χ3n) is 5.66. The fraction of sp³-hybridized carbons (Fsp3) is 0.524. The molecule has 1 aromatic heterocycles. The highest BCUT2D eigenvalue weighted by molar-refractivity contribution is 5.93. The highest BCUT2D eigenvalue weighted by Gasteiger charge is 2.30. The van der Waals surface area contributed by atoms with Crippen molar-refractivity contribution in [3.8, 4) is 5.75 Å². The molecule has 1 unspecified atom stereocenters. The first-order valence-electron chi connectivity index (χ1n) is 10.5. The van der Waals surface area contributed by atoms with Gasteiger partial charge in [0, 0.05) is 19.1 Å². The molecule has 1 N–H and O–H groups in total. The maximum absolute atomic E-state index is 12.8. The van der Waals surface area contributed by atoms with E-state index in [1.54, 1.807) is 23.6 Å². The van der Waals surface area contributed by atoms with Crippen LogP contribution in [0.1, 0.15) is 47.6 Å². The smallest absolute Gasteiger partial charge is 0.409 e. The zero-order valence-corrected chi connectivity index (χ0v) is 17.7. The third-order valence-corrected chi connectivity index (χ3v) is 5.66. The second-order valence-corrected chi connectivity index (χ2v) is 7.57. The molecule has 2 amide bonds. The first-order valence-corrected chi connectivity index (χ1v) is 10.5. The molecule has 0 radical (unpaired) electrons. The standard InChI is InChI=1S/C21H27N5O5/c1-3-30-21(28)25-10-8-15(9-11-25)22-20(27)19-17-13-31-18(12-26(17)24-23-19)14-4-6-16(29-2)7-5-14/h4-7,15,18H,3,8-13H2,1-2H3,(H,22,27). The first-order chi connectivity index (χ1) is 15.1. The molecule has 0 aliphatic carbocycles. The summed E-state index contributed by atoms with van der Waals surface area (Å²) in [6.07, 6.45) is 0.875. The summed E-state index contributed by atoms with van der Waals surface area (Å²) in [7, 11) is 1.63. The van der Waals surface area contributed by atoms with Gasteiger partial charge in [-0.15, -0.1) is 5.10 Å². The lowest BCUT2D eigenvalue weighted by molar-refractivity contribution is -0.00181. The molecule has 31 heavy (non-hydrogen) atoms. The summed E-state index contributed by atoms with van der Waals surface area (Å²) in [5, 5.41) is 11.3. The number of aromatic nitrogens is 3. The summed E-state index contributed by atoms with van der Waals surface area (Å²) in [5.74, 6) is 0.524. The molecule has 0 spiro atoms. The van der Waals surface area contributed by atoms with Gasteiger partial charge in [-0.1, -0.05) is 17.3 Å². The molecule has 1 aromatic carbocycles. The minimum absolute atomic E-state index is 0.0212. The Hall–Kier alpha value is -3.14. The number of hydrogen-bond donors (Lipinski definition) is 1. The van der Waals surface area contributed by atoms with E-state index in [1.165, 1.54) is 0 Å². The highest BCUT2D eigenvalue weighted by Crippen LogP contribution is 2.28. The van der Waals surface area contributed by atoms with Crippen molar-refractivity contribution in [2.75, 3.05) is 26.8 Å². The summed E-state index contributed by atoms with van der Waals surface area (Å²) in [4.78, 5) is 26.3. The van der Waals surface area contributed by atoms with Crippen LogP contribution < -0.4 is 10.1 Å². The Morgan fingerprint density at radius 2 is 1.97 bits per heavy atom. The summed E-state index contributed by atoms with van der Waals surface area (Å²) >= 11 is 0. The molecule has 1 saturated heterocycles. The Morgan fingerprint density at radius 3 is 2.65 bits per heavy atom. The number of nitrogens with one attached hydrogen (secondary N) is 1. The van der Waals surface area contributed by atoms with E-state index < -0.39 is 0 Å². The molecule has 4 rings (SSSR count). The van der Waals surface area contributed by atoms with Gasteiger partial charge in [-0.05, 0) is 37.5 Å². The van der Waals surface area contributed by atoms with Crippen molar-refractivity contribution < 1.29 is 23.8 Å². The number of hydrogen-bond acceptors (Lipinski definition) is 7. The van der Waals surface area contributed by atoms with Crippen molar-refractivity contribution in [3.63, 3.8) is 0 Å². The predicted octanol–water partition coefficient (Wildman–Crippen LogP) is 1.91. The van der Waals surface area contributed by atoms with E-state index in [1.807, 2.05) is 24.3 Å². The predicted molar refractivity (Wildman–Crippen MR) is 110 cm³/mol. The van der Waals surface area contributed by atoms with Crippen molar-refractivity contribution in [1.29, 1.82) is 0 Å². The van der Waals surface area contributed by atoms with Crippen LogP contribution in [0.25, 0.3) is 0 Å². The SMILES string of the molecule is CCOC(=O)N1CCC(NC(=O)c2nnn3c2COC(c2ccc(OC)cc2)C3)CC1. The molecule has 166 valence electrons. The topological polar surface area (TPSA) is 108 Å². The van der Waals surface area contributed by atoms with Crippen molar-refractivity contribution in [2.24, 2.45) is 0 Å². The monoisotopic (exact) mass is 429 g/mol. The summed E-state index contributed by atoms with van der Waals surface area (Å²) in [5.41, 5.74) is 1.98. The number of methoxy groups -OCH3 is 1. The van der Waals surface area contributed by atoms with Crippen LogP contribution >= 0.6 is 0 Å². The minimum atomic E-state index is -0.303. The minimum Gasteiger partial charge on any atom is -0.497 e. The number of carbonyl (C=O) groups is 2. The Balaban J connectivity index is 1.34. The highest BCUT2D eigenvalue weighted by atomic mass is 16.6. The van der Waals surface area contributed by atoms with Crippen molar-refractivity contribution in [1.82, 2.24) is 25.2 Å². The molecule has 10 nitrogen and oxygen atoms in total. The van der Waals surface area contributed by atoms with Gasteiger partial charge in [0.1, 0.15) is 11.9 Å². The molecule has 2 aromatic rings. The van der Waals surface area contributed by atoms with E-state index in [0.29, 0.717) is 50.5 Å². The number of nitrogens with zero attached hydrogens (tertiary/aromatic N) is 4. The van der Waals surface area contributed by atoms with Crippen LogP contribution in [-0.2, 0) is 22.6 Å². The van der Waals surface area contributed by atoms with E-state index in [4.69, 9.17) is 14.2 Å². The molecule has 1 fully saturated rings. The van der Waals surface area contributed by atoms with Crippen molar-refractivity contribution >= 4 is 12.0 Å². The number of benzene rings is 1.